The minimum atomic E-state index is -4.70. The van der Waals surface area contributed by atoms with E-state index in [0.29, 0.717) is 44.3 Å². The Morgan fingerprint density at radius 1 is 0.969 bits per heavy atom. The number of amides is 5. The summed E-state index contributed by atoms with van der Waals surface area (Å²) < 4.78 is 39.7. The summed E-state index contributed by atoms with van der Waals surface area (Å²) in [4.78, 5) is 74.0. The second-order valence-corrected chi connectivity index (χ2v) is 19.4. The van der Waals surface area contributed by atoms with Crippen molar-refractivity contribution >= 4 is 89.1 Å². The van der Waals surface area contributed by atoms with Gasteiger partial charge in [0.2, 0.25) is 11.8 Å². The average molecular weight is 894 g/mol. The zero-order chi connectivity index (χ0) is 45.9. The van der Waals surface area contributed by atoms with Crippen LogP contribution < -0.4 is 26.9 Å². The number of alkyl halides is 3. The van der Waals surface area contributed by atoms with Gasteiger partial charge in [-0.2, -0.15) is 13.2 Å². The van der Waals surface area contributed by atoms with E-state index in [2.05, 4.69) is 32.9 Å². The third kappa shape index (κ3) is 8.82. The number of nitrogens with zero attached hydrogens (tertiary/aromatic N) is 4. The molecule has 4 N–H and O–H groups in total. The van der Waals surface area contributed by atoms with Crippen LogP contribution in [0.5, 0.6) is 0 Å². The highest BCUT2D eigenvalue weighted by molar-refractivity contribution is 7.20. The number of hydrogen-bond donors (Lipinski definition) is 4. The monoisotopic (exact) mass is 893 g/mol. The zero-order valence-electron chi connectivity index (χ0n) is 35.9. The van der Waals surface area contributed by atoms with E-state index in [-0.39, 0.29) is 40.9 Å². The highest BCUT2D eigenvalue weighted by Crippen LogP contribution is 2.52. The van der Waals surface area contributed by atoms with Crippen LogP contribution >= 0.6 is 11.3 Å². The van der Waals surface area contributed by atoms with Gasteiger partial charge in [0, 0.05) is 53.6 Å². The Labute approximate surface area is 375 Å². The number of carbonyl (C=O) groups excluding carboxylic acids is 5. The van der Waals surface area contributed by atoms with Gasteiger partial charge in [0.05, 0.1) is 27.3 Å². The Bertz CT molecular complexity index is 2540. The molecule has 5 heterocycles. The Hall–Kier alpha value is -5.13. The van der Waals surface area contributed by atoms with Crippen LogP contribution in [0.25, 0.3) is 10.2 Å². The first kappa shape index (κ1) is 45.4. The lowest BCUT2D eigenvalue weighted by Crippen LogP contribution is -2.60. The maximum Gasteiger partial charge on any atom is 0.433 e. The van der Waals surface area contributed by atoms with E-state index in [0.717, 1.165) is 60.7 Å². The number of benzene rings is 2. The Morgan fingerprint density at radius 2 is 1.67 bits per heavy atom. The fourth-order valence-electron chi connectivity index (χ4n) is 10.2. The van der Waals surface area contributed by atoms with Gasteiger partial charge in [-0.05, 0) is 95.0 Å². The molecule has 4 radical (unpaired) electrons. The maximum absolute atomic E-state index is 13.1. The number of halogens is 3. The molecule has 9 rings (SSSR count). The van der Waals surface area contributed by atoms with Gasteiger partial charge in [-0.1, -0.05) is 42.3 Å². The van der Waals surface area contributed by atoms with E-state index in [1.807, 2.05) is 0 Å². The number of rotatable bonds is 9. The first-order valence-electron chi connectivity index (χ1n) is 21.6. The molecule has 19 heteroatoms. The molecule has 64 heavy (non-hydrogen) atoms. The van der Waals surface area contributed by atoms with Crippen molar-refractivity contribution in [3.63, 3.8) is 0 Å². The Morgan fingerprint density at radius 3 is 2.33 bits per heavy atom. The lowest BCUT2D eigenvalue weighted by Gasteiger charge is -2.58. The summed E-state index contributed by atoms with van der Waals surface area (Å²) in [5.74, 6) is -1.80. The topological polar surface area (TPSA) is 174 Å². The summed E-state index contributed by atoms with van der Waals surface area (Å²) in [5.41, 5.74) is -0.348. The molecular weight excluding hydrogens is 845 g/mol. The van der Waals surface area contributed by atoms with E-state index < -0.39 is 52.8 Å². The molecule has 2 aromatic heterocycles. The van der Waals surface area contributed by atoms with Crippen LogP contribution in [0.3, 0.4) is 0 Å². The number of carbonyl (C=O) groups is 5. The van der Waals surface area contributed by atoms with Crippen molar-refractivity contribution in [1.29, 1.82) is 0 Å². The number of pyridine rings is 1. The molecule has 2 aromatic carbocycles. The minimum absolute atomic E-state index is 0.0422. The molecule has 2 aliphatic carbocycles. The predicted molar refractivity (Wildman–Crippen MR) is 238 cm³/mol. The normalized spacial score (nSPS) is 20.4. The van der Waals surface area contributed by atoms with Gasteiger partial charge >= 0.3 is 6.18 Å². The Balaban J connectivity index is 0.000000176. The third-order valence-electron chi connectivity index (χ3n) is 13.0. The summed E-state index contributed by atoms with van der Waals surface area (Å²) in [5, 5.41) is 19.9. The summed E-state index contributed by atoms with van der Waals surface area (Å²) in [6, 6.07) is 7.29. The van der Waals surface area contributed by atoms with E-state index in [1.54, 1.807) is 18.2 Å². The lowest BCUT2D eigenvalue weighted by molar-refractivity contribution is -0.141. The van der Waals surface area contributed by atoms with Crippen LogP contribution in [-0.4, -0.2) is 103 Å². The molecule has 1 atom stereocenters. The molecule has 4 fully saturated rings. The van der Waals surface area contributed by atoms with Gasteiger partial charge in [-0.3, -0.25) is 34.2 Å². The maximum atomic E-state index is 13.1. The molecule has 0 bridgehead atoms. The molecule has 1 unspecified atom stereocenters. The number of piperidine rings is 1. The third-order valence-corrected chi connectivity index (χ3v) is 14.3. The second-order valence-electron chi connectivity index (χ2n) is 18.4. The second kappa shape index (κ2) is 17.3. The summed E-state index contributed by atoms with van der Waals surface area (Å²) in [7, 11) is 15.0. The van der Waals surface area contributed by atoms with Gasteiger partial charge in [0.1, 0.15) is 33.1 Å². The average Bonchev–Trinajstić information content (AvgIpc) is 3.78. The van der Waals surface area contributed by atoms with Crippen molar-refractivity contribution < 1.29 is 42.3 Å². The minimum Gasteiger partial charge on any atom is -0.386 e. The SMILES string of the molecule is CN1CC2(CC(CCNc3cccc4c3C(=O)N(C3CCC(=O)NC3=O)C4=O)C2)C1.[B]c1c(C(C)(C)O)c(NC(=O)c2cccc(C(F)(F)F)n2)c([B])c2sc(C3CCCCC3)nc12. The molecule has 1 spiro atoms. The van der Waals surface area contributed by atoms with Crippen LogP contribution in [0.1, 0.15) is 131 Å². The van der Waals surface area contributed by atoms with E-state index in [1.165, 1.54) is 63.6 Å². The van der Waals surface area contributed by atoms with E-state index >= 15 is 0 Å². The lowest BCUT2D eigenvalue weighted by atomic mass is 9.57. The van der Waals surface area contributed by atoms with Crippen molar-refractivity contribution in [2.45, 2.75) is 102 Å². The number of anilines is 2. The number of fused-ring (bicyclic) bond motifs is 2. The number of thiazole rings is 1. The van der Waals surface area contributed by atoms with Crippen LogP contribution in [0.15, 0.2) is 36.4 Å². The highest BCUT2D eigenvalue weighted by Gasteiger charge is 2.50. The first-order valence-corrected chi connectivity index (χ1v) is 22.4. The van der Waals surface area contributed by atoms with E-state index in [9.17, 15) is 42.3 Å². The van der Waals surface area contributed by atoms with Crippen molar-refractivity contribution in [3.05, 3.63) is 69.5 Å². The quantitative estimate of drug-likeness (QED) is 0.132. The molecule has 5 aliphatic rings. The standard InChI is InChI=1S/C23H22B2F3N3O2S.C22H26N4O4/c1-22(2,33)14-15(24)18-19(34-21(31-18)11-7-4-3-5-8-11)16(25)17(14)30-20(32)12-9-6-10-13(29-12)23(26,27)28;1-25-11-22(12-25)9-13(10-22)7-8-23-15-4-2-3-14-18(15)21(30)26(20(14)29)16-5-6-17(27)24-19(16)28/h6,9-11,33H,3-5,7-8H2,1-2H3,(H,30,32);2-4,13,16,23H,5-12H2,1H3,(H,24,27,28). The molecule has 13 nitrogen and oxygen atoms in total. The zero-order valence-corrected chi connectivity index (χ0v) is 36.7. The molecule has 2 saturated carbocycles. The molecule has 2 saturated heterocycles. The van der Waals surface area contributed by atoms with Gasteiger partial charge in [0.15, 0.2) is 0 Å². The highest BCUT2D eigenvalue weighted by atomic mass is 32.1. The number of likely N-dealkylation sites (tertiary alicyclic amines) is 1. The summed E-state index contributed by atoms with van der Waals surface area (Å²) >= 11 is 1.39. The molecule has 4 aromatic rings. The van der Waals surface area contributed by atoms with Gasteiger partial charge < -0.3 is 20.6 Å². The number of hydrogen-bond acceptors (Lipinski definition) is 11. The van der Waals surface area contributed by atoms with Gasteiger partial charge in [-0.25, -0.2) is 9.97 Å². The fraction of sp³-hybridized carbons (Fsp3) is 0.489. The van der Waals surface area contributed by atoms with Crippen LogP contribution in [0.2, 0.25) is 0 Å². The van der Waals surface area contributed by atoms with Crippen LogP contribution in [-0.2, 0) is 21.4 Å². The van der Waals surface area contributed by atoms with Crippen LogP contribution in [0, 0.1) is 11.3 Å². The van der Waals surface area contributed by atoms with Gasteiger partial charge in [-0.15, -0.1) is 11.3 Å². The largest absolute Gasteiger partial charge is 0.433 e. The molecule has 5 amide bonds. The smallest absolute Gasteiger partial charge is 0.386 e. The molecule has 332 valence electrons. The Kier molecular flexibility index (Phi) is 12.3. The van der Waals surface area contributed by atoms with Crippen LogP contribution in [0.4, 0.5) is 24.5 Å². The number of nitrogens with one attached hydrogen (secondary N) is 3. The molecule has 3 aliphatic heterocycles. The first-order chi connectivity index (χ1) is 30.2. The van der Waals surface area contributed by atoms with Crippen molar-refractivity contribution in [2.24, 2.45) is 11.3 Å². The number of aliphatic hydroxyl groups is 1. The van der Waals surface area contributed by atoms with Gasteiger partial charge in [0.25, 0.3) is 17.7 Å². The van der Waals surface area contributed by atoms with Crippen molar-refractivity contribution in [1.82, 2.24) is 25.1 Å². The number of imide groups is 2. The summed E-state index contributed by atoms with van der Waals surface area (Å²) in [6.07, 6.45) is 4.62. The molecular formula is C45H48B2F3N7O6S. The van der Waals surface area contributed by atoms with Crippen molar-refractivity contribution in [3.8, 4) is 0 Å². The summed E-state index contributed by atoms with van der Waals surface area (Å²) in [6.45, 7) is 6.12. The van der Waals surface area contributed by atoms with E-state index in [4.69, 9.17) is 20.7 Å². The predicted octanol–water partition coefficient (Wildman–Crippen LogP) is 5.06. The van der Waals surface area contributed by atoms with Crippen molar-refractivity contribution in [2.75, 3.05) is 37.3 Å². The fourth-order valence-corrected chi connectivity index (χ4v) is 11.4. The number of aromatic nitrogens is 2.